The Morgan fingerprint density at radius 3 is 2.67 bits per heavy atom. The fourth-order valence-corrected chi connectivity index (χ4v) is 0.826. The number of carbonyl (C=O) groups is 2. The minimum absolute atomic E-state index is 0.127. The summed E-state index contributed by atoms with van der Waals surface area (Å²) in [5.41, 5.74) is 0.434. The summed E-state index contributed by atoms with van der Waals surface area (Å²) in [5.74, 6) is -0.506. The minimum Gasteiger partial charge on any atom is -0.328 e. The molecule has 1 aromatic rings. The fourth-order valence-electron chi connectivity index (χ4n) is 0.826. The molecule has 0 bridgehead atoms. The molecule has 0 aromatic heterocycles. The summed E-state index contributed by atoms with van der Waals surface area (Å²) in [6.45, 7) is 0. The minimum atomic E-state index is -0.506. The molecule has 0 spiro atoms. The zero-order valence-corrected chi connectivity index (χ0v) is 6.08. The first-order valence-electron chi connectivity index (χ1n) is 3.23. The van der Waals surface area contributed by atoms with Gasteiger partial charge in [0, 0.05) is 5.56 Å². The van der Waals surface area contributed by atoms with Crippen molar-refractivity contribution in [3.8, 4) is 0 Å². The van der Waals surface area contributed by atoms with Crippen molar-refractivity contribution < 1.29 is 14.0 Å². The lowest BCUT2D eigenvalue weighted by atomic mass is 10.2. The van der Waals surface area contributed by atoms with Crippen LogP contribution in [0, 0.1) is 5.82 Å². The molecule has 0 aliphatic carbocycles. The number of hydrogen-bond donors (Lipinski definition) is 1. The first-order chi connectivity index (χ1) is 5.77. The molecule has 0 heterocycles. The first-order valence-corrected chi connectivity index (χ1v) is 3.23. The van der Waals surface area contributed by atoms with Gasteiger partial charge < -0.3 is 5.32 Å². The molecule has 62 valence electrons. The lowest BCUT2D eigenvalue weighted by molar-refractivity contribution is -0.105. The summed E-state index contributed by atoms with van der Waals surface area (Å²) in [4.78, 5) is 20.3. The highest BCUT2D eigenvalue weighted by Gasteiger charge is 2.01. The van der Waals surface area contributed by atoms with E-state index in [0.717, 1.165) is 6.07 Å². The molecule has 0 atom stereocenters. The number of rotatable bonds is 3. The van der Waals surface area contributed by atoms with E-state index in [9.17, 15) is 14.0 Å². The van der Waals surface area contributed by atoms with Crippen LogP contribution in [0.2, 0.25) is 0 Å². The summed E-state index contributed by atoms with van der Waals surface area (Å²) < 4.78 is 12.5. The Hall–Kier alpha value is -1.71. The van der Waals surface area contributed by atoms with Crippen molar-refractivity contribution in [3.05, 3.63) is 29.6 Å². The van der Waals surface area contributed by atoms with E-state index in [-0.39, 0.29) is 5.56 Å². The van der Waals surface area contributed by atoms with Crippen LogP contribution in [0.3, 0.4) is 0 Å². The van der Waals surface area contributed by atoms with Gasteiger partial charge in [-0.1, -0.05) is 0 Å². The molecule has 0 fully saturated rings. The van der Waals surface area contributed by atoms with Gasteiger partial charge in [-0.2, -0.15) is 0 Å². The molecule has 12 heavy (non-hydrogen) atoms. The summed E-state index contributed by atoms with van der Waals surface area (Å²) in [6, 6.07) is 3.55. The number of carbonyl (C=O) groups excluding carboxylic acids is 2. The van der Waals surface area contributed by atoms with Gasteiger partial charge in [0.05, 0.1) is 5.69 Å². The van der Waals surface area contributed by atoms with Crippen LogP contribution < -0.4 is 5.32 Å². The predicted octanol–water partition coefficient (Wildman–Crippen LogP) is 1.21. The van der Waals surface area contributed by atoms with Gasteiger partial charge in [0.1, 0.15) is 5.82 Å². The number of benzene rings is 1. The number of halogens is 1. The van der Waals surface area contributed by atoms with E-state index in [4.69, 9.17) is 0 Å². The van der Waals surface area contributed by atoms with Gasteiger partial charge in [0.15, 0.2) is 6.29 Å². The SMILES string of the molecule is O=CNc1ccc(F)cc1C=O. The van der Waals surface area contributed by atoms with Gasteiger partial charge >= 0.3 is 0 Å². The molecule has 0 saturated carbocycles. The Balaban J connectivity index is 3.10. The molecule has 0 radical (unpaired) electrons. The molecule has 1 N–H and O–H groups in total. The van der Waals surface area contributed by atoms with Crippen LogP contribution in [0.25, 0.3) is 0 Å². The van der Waals surface area contributed by atoms with Crippen molar-refractivity contribution in [3.63, 3.8) is 0 Å². The summed E-state index contributed by atoms with van der Waals surface area (Å²) in [7, 11) is 0. The van der Waals surface area contributed by atoms with Crippen molar-refractivity contribution in [2.45, 2.75) is 0 Å². The van der Waals surface area contributed by atoms with Gasteiger partial charge in [-0.15, -0.1) is 0 Å². The average Bonchev–Trinajstić information content (AvgIpc) is 2.08. The summed E-state index contributed by atoms with van der Waals surface area (Å²) in [5, 5.41) is 2.28. The van der Waals surface area contributed by atoms with E-state index in [0.29, 0.717) is 18.4 Å². The van der Waals surface area contributed by atoms with E-state index >= 15 is 0 Å². The van der Waals surface area contributed by atoms with Crippen LogP contribution >= 0.6 is 0 Å². The molecular weight excluding hydrogens is 161 g/mol. The van der Waals surface area contributed by atoms with Gasteiger partial charge in [0.25, 0.3) is 0 Å². The lowest BCUT2D eigenvalue weighted by Gasteiger charge is -2.00. The van der Waals surface area contributed by atoms with Gasteiger partial charge in [-0.05, 0) is 18.2 Å². The van der Waals surface area contributed by atoms with Crippen LogP contribution in [0.15, 0.2) is 18.2 Å². The van der Waals surface area contributed by atoms with Crippen molar-refractivity contribution in [2.75, 3.05) is 5.32 Å². The molecule has 0 saturated heterocycles. The Kier molecular flexibility index (Phi) is 2.53. The maximum Gasteiger partial charge on any atom is 0.211 e. The van der Waals surface area contributed by atoms with E-state index in [2.05, 4.69) is 5.32 Å². The lowest BCUT2D eigenvalue weighted by Crippen LogP contribution is -1.98. The van der Waals surface area contributed by atoms with Crippen LogP contribution in [0.4, 0.5) is 10.1 Å². The highest BCUT2D eigenvalue weighted by molar-refractivity contribution is 5.88. The highest BCUT2D eigenvalue weighted by atomic mass is 19.1. The Morgan fingerprint density at radius 2 is 2.08 bits per heavy atom. The van der Waals surface area contributed by atoms with Crippen molar-refractivity contribution in [1.29, 1.82) is 0 Å². The van der Waals surface area contributed by atoms with E-state index in [1.54, 1.807) is 0 Å². The highest BCUT2D eigenvalue weighted by Crippen LogP contribution is 2.13. The average molecular weight is 167 g/mol. The molecule has 1 rings (SSSR count). The summed E-state index contributed by atoms with van der Waals surface area (Å²) >= 11 is 0. The van der Waals surface area contributed by atoms with Crippen LogP contribution in [-0.2, 0) is 4.79 Å². The molecule has 0 unspecified atom stereocenters. The van der Waals surface area contributed by atoms with Gasteiger partial charge in [-0.25, -0.2) is 4.39 Å². The second-order valence-electron chi connectivity index (χ2n) is 2.11. The molecule has 0 aliphatic heterocycles. The quantitative estimate of drug-likeness (QED) is 0.687. The number of nitrogens with one attached hydrogen (secondary N) is 1. The molecule has 1 aromatic carbocycles. The maximum absolute atomic E-state index is 12.5. The standard InChI is InChI=1S/C8H6FNO2/c9-7-1-2-8(10-5-12)6(3-7)4-11/h1-5H,(H,10,12). The molecule has 3 nitrogen and oxygen atoms in total. The smallest absolute Gasteiger partial charge is 0.211 e. The topological polar surface area (TPSA) is 46.2 Å². The monoisotopic (exact) mass is 167 g/mol. The van der Waals surface area contributed by atoms with Crippen molar-refractivity contribution in [2.24, 2.45) is 0 Å². The Morgan fingerprint density at radius 1 is 1.33 bits per heavy atom. The van der Waals surface area contributed by atoms with E-state index in [1.807, 2.05) is 0 Å². The third kappa shape index (κ3) is 1.66. The third-order valence-electron chi connectivity index (χ3n) is 1.36. The van der Waals surface area contributed by atoms with Crippen molar-refractivity contribution in [1.82, 2.24) is 0 Å². The maximum atomic E-state index is 12.5. The normalized spacial score (nSPS) is 9.08. The molecule has 1 amide bonds. The molecule has 0 aliphatic rings. The zero-order valence-electron chi connectivity index (χ0n) is 6.08. The fraction of sp³-hybridized carbons (Fsp3) is 0. The van der Waals surface area contributed by atoms with Crippen molar-refractivity contribution >= 4 is 18.4 Å². The van der Waals surface area contributed by atoms with Crippen LogP contribution in [0.5, 0.6) is 0 Å². The second kappa shape index (κ2) is 3.61. The number of amides is 1. The zero-order chi connectivity index (χ0) is 8.97. The Labute approximate surface area is 68.2 Å². The Bertz CT molecular complexity index is 312. The number of aldehydes is 1. The van der Waals surface area contributed by atoms with Gasteiger partial charge in [-0.3, -0.25) is 9.59 Å². The van der Waals surface area contributed by atoms with Crippen LogP contribution in [0.1, 0.15) is 10.4 Å². The van der Waals surface area contributed by atoms with E-state index in [1.165, 1.54) is 12.1 Å². The second-order valence-corrected chi connectivity index (χ2v) is 2.11. The third-order valence-corrected chi connectivity index (χ3v) is 1.36. The first kappa shape index (κ1) is 8.39. The van der Waals surface area contributed by atoms with Gasteiger partial charge in [0.2, 0.25) is 6.41 Å². The molecular formula is C8H6FNO2. The van der Waals surface area contributed by atoms with Crippen LogP contribution in [-0.4, -0.2) is 12.7 Å². The number of hydrogen-bond acceptors (Lipinski definition) is 2. The largest absolute Gasteiger partial charge is 0.328 e. The molecule has 4 heteroatoms. The predicted molar refractivity (Wildman–Crippen MR) is 41.5 cm³/mol. The summed E-state index contributed by atoms with van der Waals surface area (Å²) in [6.07, 6.45) is 0.912. The number of anilines is 1. The van der Waals surface area contributed by atoms with E-state index < -0.39 is 5.82 Å².